The number of fused-ring (bicyclic) bond motifs is 1. The largest absolute Gasteiger partial charge is 0.469 e. The minimum atomic E-state index is -0.190. The third-order valence-electron chi connectivity index (χ3n) is 10.7. The molecule has 0 bridgehead atoms. The lowest BCUT2D eigenvalue weighted by Crippen LogP contribution is -2.09. The van der Waals surface area contributed by atoms with Crippen molar-refractivity contribution in [1.82, 2.24) is 15.0 Å². The number of benzene rings is 8. The lowest BCUT2D eigenvalue weighted by atomic mass is 9.97. The molecule has 9 aromatic rings. The Kier molecular flexibility index (Phi) is 10.9. The molecule has 1 aromatic heterocycles. The van der Waals surface area contributed by atoms with E-state index in [0.717, 1.165) is 91.5 Å². The zero-order valence-electron chi connectivity index (χ0n) is 33.3. The molecule has 292 valence electrons. The first-order valence-electron chi connectivity index (χ1n) is 20.2. The summed E-state index contributed by atoms with van der Waals surface area (Å²) in [7, 11) is 1.43. The van der Waals surface area contributed by atoms with Gasteiger partial charge in [0.05, 0.1) is 12.8 Å². The van der Waals surface area contributed by atoms with Crippen LogP contribution < -0.4 is 9.80 Å². The van der Waals surface area contributed by atoms with Crippen LogP contribution in [-0.4, -0.2) is 28.1 Å². The summed E-state index contributed by atoms with van der Waals surface area (Å²) < 4.78 is 4.82. The van der Waals surface area contributed by atoms with Gasteiger partial charge < -0.3 is 14.5 Å². The van der Waals surface area contributed by atoms with Crippen molar-refractivity contribution in [2.24, 2.45) is 0 Å². The van der Waals surface area contributed by atoms with E-state index in [0.29, 0.717) is 6.42 Å². The molecule has 0 N–H and O–H groups in total. The maximum absolute atomic E-state index is 11.7. The van der Waals surface area contributed by atoms with E-state index in [-0.39, 0.29) is 5.97 Å². The van der Waals surface area contributed by atoms with Gasteiger partial charge in [0.15, 0.2) is 0 Å². The van der Waals surface area contributed by atoms with E-state index in [1.807, 2.05) is 36.4 Å². The van der Waals surface area contributed by atoms with Gasteiger partial charge in [-0.1, -0.05) is 121 Å². The number of methoxy groups -OCH3 is 1. The summed E-state index contributed by atoms with van der Waals surface area (Å²) in [5.74, 6) is -0.190. The van der Waals surface area contributed by atoms with Gasteiger partial charge in [0, 0.05) is 51.7 Å². The van der Waals surface area contributed by atoms with Crippen molar-refractivity contribution < 1.29 is 9.53 Å². The summed E-state index contributed by atoms with van der Waals surface area (Å²) >= 11 is 0. The number of para-hydroxylation sites is 4. The molecule has 8 aromatic carbocycles. The predicted molar refractivity (Wildman–Crippen MR) is 244 cm³/mol. The zero-order valence-corrected chi connectivity index (χ0v) is 33.3. The molecule has 0 radical (unpaired) electrons. The number of anilines is 6. The molecule has 0 aliphatic carbocycles. The number of aryl methyl sites for hydroxylation is 1. The highest BCUT2D eigenvalue weighted by molar-refractivity contribution is 6.01. The Labute approximate surface area is 350 Å². The topological polar surface area (TPSA) is 63.5 Å². The van der Waals surface area contributed by atoms with E-state index < -0.39 is 0 Å². The summed E-state index contributed by atoms with van der Waals surface area (Å²) in [6.45, 7) is 0. The van der Waals surface area contributed by atoms with Gasteiger partial charge in [-0.15, -0.1) is 10.2 Å². The van der Waals surface area contributed by atoms with Crippen molar-refractivity contribution in [3.05, 3.63) is 212 Å². The molecule has 0 amide bonds. The molecule has 0 unspecified atom stereocenters. The van der Waals surface area contributed by atoms with Crippen LogP contribution in [0.1, 0.15) is 18.4 Å². The van der Waals surface area contributed by atoms with Gasteiger partial charge in [-0.05, 0) is 114 Å². The van der Waals surface area contributed by atoms with Crippen LogP contribution in [0.15, 0.2) is 206 Å². The molecule has 9 rings (SSSR count). The average molecular weight is 782 g/mol. The van der Waals surface area contributed by atoms with Gasteiger partial charge in [-0.3, -0.25) is 4.79 Å². The van der Waals surface area contributed by atoms with E-state index in [9.17, 15) is 4.79 Å². The van der Waals surface area contributed by atoms with Crippen molar-refractivity contribution in [2.45, 2.75) is 19.3 Å². The molecular formula is C53H43N5O2. The highest BCUT2D eigenvalue weighted by Gasteiger charge is 2.19. The molecule has 7 nitrogen and oxygen atoms in total. The fourth-order valence-corrected chi connectivity index (χ4v) is 7.69. The van der Waals surface area contributed by atoms with Crippen LogP contribution in [0.3, 0.4) is 0 Å². The summed E-state index contributed by atoms with van der Waals surface area (Å²) in [6.07, 6.45) is 1.90. The van der Waals surface area contributed by atoms with E-state index >= 15 is 0 Å². The fourth-order valence-electron chi connectivity index (χ4n) is 7.69. The van der Waals surface area contributed by atoms with Crippen molar-refractivity contribution in [3.8, 4) is 27.9 Å². The second-order valence-electron chi connectivity index (χ2n) is 14.6. The minimum Gasteiger partial charge on any atom is -0.469 e. The third-order valence-corrected chi connectivity index (χ3v) is 10.7. The molecule has 0 aliphatic heterocycles. The quantitative estimate of drug-likeness (QED) is 0.109. The summed E-state index contributed by atoms with van der Waals surface area (Å²) in [6, 6.07) is 71.6. The SMILES string of the molecule is COC(=O)CCCc1ccc(-n2nc3c(-c4ccc(N(c5ccccc5)c5ccccc5)cc4)ccc(-c4ccc(N(c5ccccc5)c5ccccc5)cc4)c3n2)cc1. The van der Waals surface area contributed by atoms with E-state index in [4.69, 9.17) is 14.9 Å². The molecule has 0 fully saturated rings. The number of carbonyl (C=O) groups is 1. The normalized spacial score (nSPS) is 11.0. The Morgan fingerprint density at radius 2 is 0.833 bits per heavy atom. The number of esters is 1. The third kappa shape index (κ3) is 8.02. The summed E-state index contributed by atoms with van der Waals surface area (Å²) in [5.41, 5.74) is 14.1. The molecule has 0 saturated carbocycles. The van der Waals surface area contributed by atoms with Gasteiger partial charge >= 0.3 is 5.97 Å². The van der Waals surface area contributed by atoms with Crippen LogP contribution in [0, 0.1) is 0 Å². The van der Waals surface area contributed by atoms with Crippen LogP contribution in [0.4, 0.5) is 34.1 Å². The predicted octanol–water partition coefficient (Wildman–Crippen LogP) is 13.2. The number of rotatable bonds is 13. The van der Waals surface area contributed by atoms with Gasteiger partial charge in [-0.2, -0.15) is 4.80 Å². The Morgan fingerprint density at radius 1 is 0.467 bits per heavy atom. The molecule has 60 heavy (non-hydrogen) atoms. The minimum absolute atomic E-state index is 0.190. The highest BCUT2D eigenvalue weighted by atomic mass is 16.5. The van der Waals surface area contributed by atoms with Crippen LogP contribution in [-0.2, 0) is 16.0 Å². The monoisotopic (exact) mass is 781 g/mol. The van der Waals surface area contributed by atoms with E-state index in [1.54, 1.807) is 4.80 Å². The Bertz CT molecular complexity index is 2570. The Balaban J connectivity index is 1.10. The zero-order chi connectivity index (χ0) is 40.7. The maximum Gasteiger partial charge on any atom is 0.305 e. The van der Waals surface area contributed by atoms with Gasteiger partial charge in [0.1, 0.15) is 11.0 Å². The maximum atomic E-state index is 11.7. The van der Waals surface area contributed by atoms with Crippen molar-refractivity contribution >= 4 is 51.1 Å². The smallest absolute Gasteiger partial charge is 0.305 e. The number of aromatic nitrogens is 3. The number of ether oxygens (including phenoxy) is 1. The number of carbonyl (C=O) groups excluding carboxylic acids is 1. The van der Waals surface area contributed by atoms with Crippen LogP contribution >= 0.6 is 0 Å². The molecular weight excluding hydrogens is 739 g/mol. The fraction of sp³-hybridized carbons (Fsp3) is 0.0755. The number of nitrogens with zero attached hydrogens (tertiary/aromatic N) is 5. The second-order valence-corrected chi connectivity index (χ2v) is 14.6. The Hall–Kier alpha value is -7.77. The van der Waals surface area contributed by atoms with Gasteiger partial charge in [-0.25, -0.2) is 0 Å². The Morgan fingerprint density at radius 3 is 1.20 bits per heavy atom. The molecule has 0 saturated heterocycles. The van der Waals surface area contributed by atoms with E-state index in [1.165, 1.54) is 7.11 Å². The average Bonchev–Trinajstić information content (AvgIpc) is 3.77. The van der Waals surface area contributed by atoms with Crippen molar-refractivity contribution in [3.63, 3.8) is 0 Å². The van der Waals surface area contributed by atoms with Gasteiger partial charge in [0.25, 0.3) is 0 Å². The lowest BCUT2D eigenvalue weighted by Gasteiger charge is -2.25. The lowest BCUT2D eigenvalue weighted by molar-refractivity contribution is -0.140. The van der Waals surface area contributed by atoms with Crippen LogP contribution in [0.2, 0.25) is 0 Å². The van der Waals surface area contributed by atoms with Crippen LogP contribution in [0.25, 0.3) is 39.0 Å². The van der Waals surface area contributed by atoms with E-state index in [2.05, 4.69) is 180 Å². The first kappa shape index (κ1) is 37.8. The molecule has 0 aliphatic rings. The molecule has 0 spiro atoms. The standard InChI is InChI=1S/C53H43N5O2/c1-60-51(59)24-14-15-39-25-31-48(32-26-39)58-54-52-49(40-27-33-46(34-28-40)56(42-16-6-2-7-17-42)43-18-8-3-9-19-43)37-38-50(53(52)55-58)41-29-35-47(36-30-41)57(44-20-10-4-11-21-44)45-22-12-5-13-23-45/h2-13,16-23,25-38H,14-15,24H2,1H3. The summed E-state index contributed by atoms with van der Waals surface area (Å²) in [4.78, 5) is 17.9. The van der Waals surface area contributed by atoms with Crippen molar-refractivity contribution in [2.75, 3.05) is 16.9 Å². The van der Waals surface area contributed by atoms with Crippen LogP contribution in [0.5, 0.6) is 0 Å². The second kappa shape index (κ2) is 17.4. The number of hydrogen-bond donors (Lipinski definition) is 0. The van der Waals surface area contributed by atoms with Gasteiger partial charge in [0.2, 0.25) is 0 Å². The van der Waals surface area contributed by atoms with Crippen molar-refractivity contribution in [1.29, 1.82) is 0 Å². The summed E-state index contributed by atoms with van der Waals surface area (Å²) in [5, 5.41) is 10.4. The first-order chi connectivity index (χ1) is 29.6. The number of hydrogen-bond acceptors (Lipinski definition) is 6. The highest BCUT2D eigenvalue weighted by Crippen LogP contribution is 2.40. The molecule has 7 heteroatoms. The first-order valence-corrected chi connectivity index (χ1v) is 20.2. The molecule has 1 heterocycles. The molecule has 0 atom stereocenters.